The Morgan fingerprint density at radius 3 is 2.91 bits per heavy atom. The second-order valence-corrected chi connectivity index (χ2v) is 5.27. The Hall–Kier alpha value is -2.69. The van der Waals surface area contributed by atoms with Crippen LogP contribution in [0.3, 0.4) is 0 Å². The summed E-state index contributed by atoms with van der Waals surface area (Å²) in [6.07, 6.45) is 0.764. The van der Waals surface area contributed by atoms with Crippen LogP contribution in [0, 0.1) is 0 Å². The minimum Gasteiger partial charge on any atom is -0.504 e. The highest BCUT2D eigenvalue weighted by Gasteiger charge is 2.22. The van der Waals surface area contributed by atoms with Gasteiger partial charge in [-0.3, -0.25) is 4.79 Å². The smallest absolute Gasteiger partial charge is 0.255 e. The van der Waals surface area contributed by atoms with Crippen molar-refractivity contribution < 1.29 is 14.6 Å². The minimum atomic E-state index is -0.303. The lowest BCUT2D eigenvalue weighted by Crippen LogP contribution is -2.43. The highest BCUT2D eigenvalue weighted by Crippen LogP contribution is 2.29. The number of phenols is 1. The van der Waals surface area contributed by atoms with Gasteiger partial charge in [0.25, 0.3) is 5.91 Å². The number of phenolic OH excluding ortho intramolecular Hbond substituents is 1. The van der Waals surface area contributed by atoms with Crippen LogP contribution in [0.2, 0.25) is 0 Å². The van der Waals surface area contributed by atoms with Gasteiger partial charge in [0.15, 0.2) is 11.5 Å². The van der Waals surface area contributed by atoms with Gasteiger partial charge in [-0.2, -0.15) is 0 Å². The van der Waals surface area contributed by atoms with E-state index in [1.165, 1.54) is 12.7 Å². The standard InChI is InChI=1S/C17H18N2O3/c1-22-15-8-4-6-13(16(15)20)17(21)19-12-9-11-5-2-3-7-14(11)18-10-12/h2-8,12,18,20H,9-10H2,1H3,(H,19,21). The third-order valence-corrected chi connectivity index (χ3v) is 3.82. The molecule has 0 fully saturated rings. The topological polar surface area (TPSA) is 70.6 Å². The normalized spacial score (nSPS) is 16.3. The predicted octanol–water partition coefficient (Wildman–Crippen LogP) is 2.17. The zero-order valence-electron chi connectivity index (χ0n) is 12.3. The van der Waals surface area contributed by atoms with Crippen molar-refractivity contribution in [2.75, 3.05) is 19.0 Å². The van der Waals surface area contributed by atoms with Crippen molar-refractivity contribution in [2.24, 2.45) is 0 Å². The molecule has 0 saturated heterocycles. The summed E-state index contributed by atoms with van der Waals surface area (Å²) in [5, 5.41) is 16.3. The number of fused-ring (bicyclic) bond motifs is 1. The van der Waals surface area contributed by atoms with Crippen LogP contribution in [-0.4, -0.2) is 30.7 Å². The lowest BCUT2D eigenvalue weighted by Gasteiger charge is -2.27. The summed E-state index contributed by atoms with van der Waals surface area (Å²) >= 11 is 0. The Morgan fingerprint density at radius 2 is 2.09 bits per heavy atom. The monoisotopic (exact) mass is 298 g/mol. The van der Waals surface area contributed by atoms with Gasteiger partial charge in [-0.05, 0) is 30.2 Å². The molecule has 0 spiro atoms. The third kappa shape index (κ3) is 2.70. The number of ether oxygens (including phenoxy) is 1. The van der Waals surface area contributed by atoms with Crippen molar-refractivity contribution in [3.05, 3.63) is 53.6 Å². The molecule has 22 heavy (non-hydrogen) atoms. The third-order valence-electron chi connectivity index (χ3n) is 3.82. The fourth-order valence-corrected chi connectivity index (χ4v) is 2.68. The fourth-order valence-electron chi connectivity index (χ4n) is 2.68. The van der Waals surface area contributed by atoms with E-state index >= 15 is 0 Å². The molecule has 1 unspecified atom stereocenters. The number of aromatic hydroxyl groups is 1. The van der Waals surface area contributed by atoms with Crippen LogP contribution < -0.4 is 15.4 Å². The van der Waals surface area contributed by atoms with Gasteiger partial charge in [-0.1, -0.05) is 24.3 Å². The second kappa shape index (κ2) is 5.97. The Morgan fingerprint density at radius 1 is 1.27 bits per heavy atom. The first-order valence-electron chi connectivity index (χ1n) is 7.17. The van der Waals surface area contributed by atoms with E-state index in [1.54, 1.807) is 18.2 Å². The molecule has 2 aromatic carbocycles. The van der Waals surface area contributed by atoms with Crippen LogP contribution >= 0.6 is 0 Å². The minimum absolute atomic E-state index is 0.0204. The van der Waals surface area contributed by atoms with Crippen molar-refractivity contribution in [3.8, 4) is 11.5 Å². The number of hydrogen-bond acceptors (Lipinski definition) is 4. The van der Waals surface area contributed by atoms with Gasteiger partial charge in [0.1, 0.15) is 0 Å². The number of hydrogen-bond donors (Lipinski definition) is 3. The summed E-state index contributed by atoms with van der Waals surface area (Å²) in [5.74, 6) is -0.144. The first-order valence-corrected chi connectivity index (χ1v) is 7.17. The predicted molar refractivity (Wildman–Crippen MR) is 84.5 cm³/mol. The molecule has 3 N–H and O–H groups in total. The van der Waals surface area contributed by atoms with Crippen molar-refractivity contribution in [3.63, 3.8) is 0 Å². The number of amides is 1. The molecule has 0 aliphatic carbocycles. The lowest BCUT2D eigenvalue weighted by atomic mass is 9.99. The first-order chi connectivity index (χ1) is 10.7. The maximum atomic E-state index is 12.4. The number of rotatable bonds is 3. The maximum absolute atomic E-state index is 12.4. The number of benzene rings is 2. The van der Waals surface area contributed by atoms with Crippen molar-refractivity contribution in [1.29, 1.82) is 0 Å². The van der Waals surface area contributed by atoms with Crippen molar-refractivity contribution in [2.45, 2.75) is 12.5 Å². The largest absolute Gasteiger partial charge is 0.504 e. The molecule has 1 aliphatic rings. The Kier molecular flexibility index (Phi) is 3.87. The summed E-state index contributed by atoms with van der Waals surface area (Å²) in [6, 6.07) is 12.9. The van der Waals surface area contributed by atoms with E-state index in [-0.39, 0.29) is 23.3 Å². The van der Waals surface area contributed by atoms with Crippen LogP contribution in [0.25, 0.3) is 0 Å². The Labute approximate surface area is 128 Å². The van der Waals surface area contributed by atoms with E-state index < -0.39 is 0 Å². The van der Waals surface area contributed by atoms with Crippen LogP contribution in [0.15, 0.2) is 42.5 Å². The van der Waals surface area contributed by atoms with Gasteiger partial charge in [-0.15, -0.1) is 0 Å². The highest BCUT2D eigenvalue weighted by atomic mass is 16.5. The quantitative estimate of drug-likeness (QED) is 0.812. The molecular formula is C17H18N2O3. The van der Waals surface area contributed by atoms with Crippen LogP contribution in [0.5, 0.6) is 11.5 Å². The number of para-hydroxylation sites is 2. The van der Waals surface area contributed by atoms with Crippen LogP contribution in [-0.2, 0) is 6.42 Å². The molecule has 5 nitrogen and oxygen atoms in total. The average Bonchev–Trinajstić information content (AvgIpc) is 2.55. The van der Waals surface area contributed by atoms with Crippen molar-refractivity contribution >= 4 is 11.6 Å². The molecule has 114 valence electrons. The molecule has 1 aliphatic heterocycles. The van der Waals surface area contributed by atoms with E-state index in [0.29, 0.717) is 12.3 Å². The van der Waals surface area contributed by atoms with E-state index in [4.69, 9.17) is 4.74 Å². The van der Waals surface area contributed by atoms with Gasteiger partial charge < -0.3 is 20.5 Å². The van der Waals surface area contributed by atoms with Crippen molar-refractivity contribution in [1.82, 2.24) is 5.32 Å². The lowest BCUT2D eigenvalue weighted by molar-refractivity contribution is 0.0935. The van der Waals surface area contributed by atoms with Crippen LogP contribution in [0.1, 0.15) is 15.9 Å². The van der Waals surface area contributed by atoms with Gasteiger partial charge in [0.2, 0.25) is 0 Å². The van der Waals surface area contributed by atoms with E-state index in [2.05, 4.69) is 10.6 Å². The molecule has 0 bridgehead atoms. The van der Waals surface area contributed by atoms with Gasteiger partial charge >= 0.3 is 0 Å². The number of carbonyl (C=O) groups excluding carboxylic acids is 1. The van der Waals surface area contributed by atoms with Gasteiger partial charge in [-0.25, -0.2) is 0 Å². The zero-order chi connectivity index (χ0) is 15.5. The molecule has 0 aromatic heterocycles. The number of methoxy groups -OCH3 is 1. The zero-order valence-corrected chi connectivity index (χ0v) is 12.3. The highest BCUT2D eigenvalue weighted by molar-refractivity contribution is 5.97. The molecule has 5 heteroatoms. The maximum Gasteiger partial charge on any atom is 0.255 e. The summed E-state index contributed by atoms with van der Waals surface area (Å²) in [6.45, 7) is 0.660. The fraction of sp³-hybridized carbons (Fsp3) is 0.235. The number of nitrogens with one attached hydrogen (secondary N) is 2. The van der Waals surface area contributed by atoms with E-state index in [0.717, 1.165) is 12.1 Å². The molecule has 1 amide bonds. The van der Waals surface area contributed by atoms with E-state index in [1.807, 2.05) is 24.3 Å². The summed E-state index contributed by atoms with van der Waals surface area (Å²) in [5.41, 5.74) is 2.50. The molecule has 0 radical (unpaired) electrons. The second-order valence-electron chi connectivity index (χ2n) is 5.27. The van der Waals surface area contributed by atoms with E-state index in [9.17, 15) is 9.90 Å². The molecular weight excluding hydrogens is 280 g/mol. The Bertz CT molecular complexity index is 700. The SMILES string of the molecule is COc1cccc(C(=O)NC2CNc3ccccc3C2)c1O. The van der Waals surface area contributed by atoms with Gasteiger partial charge in [0, 0.05) is 12.2 Å². The summed E-state index contributed by atoms with van der Waals surface area (Å²) < 4.78 is 5.03. The average molecular weight is 298 g/mol. The molecule has 3 rings (SSSR count). The van der Waals surface area contributed by atoms with Gasteiger partial charge in [0.05, 0.1) is 18.7 Å². The summed E-state index contributed by atoms with van der Waals surface area (Å²) in [4.78, 5) is 12.4. The molecule has 1 atom stereocenters. The molecule has 2 aromatic rings. The number of carbonyl (C=O) groups is 1. The number of anilines is 1. The summed E-state index contributed by atoms with van der Waals surface area (Å²) in [7, 11) is 1.46. The first kappa shape index (κ1) is 14.3. The Balaban J connectivity index is 1.73. The molecule has 0 saturated carbocycles. The van der Waals surface area contributed by atoms with Crippen LogP contribution in [0.4, 0.5) is 5.69 Å². The molecule has 1 heterocycles.